The summed E-state index contributed by atoms with van der Waals surface area (Å²) < 4.78 is 5.88. The molecule has 3 fully saturated rings. The summed E-state index contributed by atoms with van der Waals surface area (Å²) in [4.78, 5) is 5.51. The molecule has 2 aliphatic heterocycles. The Morgan fingerprint density at radius 1 is 0.667 bits per heavy atom. The Bertz CT molecular complexity index is 309. The van der Waals surface area contributed by atoms with E-state index >= 15 is 0 Å². The van der Waals surface area contributed by atoms with Gasteiger partial charge in [-0.1, -0.05) is 6.92 Å². The first kappa shape index (κ1) is 15.8. The number of likely N-dealkylation sites (tertiary alicyclic amines) is 1. The van der Waals surface area contributed by atoms with Gasteiger partial charge in [0, 0.05) is 25.2 Å². The van der Waals surface area contributed by atoms with Gasteiger partial charge in [0.05, 0.1) is 12.2 Å². The van der Waals surface area contributed by atoms with Gasteiger partial charge in [-0.25, -0.2) is 0 Å². The van der Waals surface area contributed by atoms with Gasteiger partial charge in [-0.3, -0.25) is 4.90 Å². The highest BCUT2D eigenvalue weighted by Crippen LogP contribution is 2.30. The zero-order valence-corrected chi connectivity index (χ0v) is 14.3. The number of rotatable bonds is 2. The number of hydrogen-bond acceptors (Lipinski definition) is 3. The smallest absolute Gasteiger partial charge is 0.0678 e. The molecule has 21 heavy (non-hydrogen) atoms. The van der Waals surface area contributed by atoms with Gasteiger partial charge in [0.1, 0.15) is 0 Å². The van der Waals surface area contributed by atoms with Gasteiger partial charge in [0.25, 0.3) is 0 Å². The molecule has 2 unspecified atom stereocenters. The monoisotopic (exact) mass is 294 g/mol. The van der Waals surface area contributed by atoms with Crippen molar-refractivity contribution in [2.75, 3.05) is 26.2 Å². The normalized spacial score (nSPS) is 41.3. The molecule has 0 radical (unpaired) electrons. The van der Waals surface area contributed by atoms with Crippen LogP contribution in [-0.4, -0.2) is 60.3 Å². The van der Waals surface area contributed by atoms with Crippen LogP contribution in [0.25, 0.3) is 0 Å². The van der Waals surface area contributed by atoms with Gasteiger partial charge in [-0.2, -0.15) is 0 Å². The predicted octanol–water partition coefficient (Wildman–Crippen LogP) is 3.14. The van der Waals surface area contributed by atoms with Crippen molar-refractivity contribution in [1.82, 2.24) is 9.80 Å². The minimum atomic E-state index is 0.409. The highest BCUT2D eigenvalue weighted by Gasteiger charge is 2.32. The van der Waals surface area contributed by atoms with E-state index in [2.05, 4.69) is 30.6 Å². The standard InChI is InChI=1S/C18H34N2O/c1-14-4-6-17(7-5-14)19-10-8-18(9-11-19)20-12-15(2)21-16(3)13-20/h14-18H,4-13H2,1-3H3. The molecule has 0 aromatic carbocycles. The summed E-state index contributed by atoms with van der Waals surface area (Å²) >= 11 is 0. The number of hydrogen-bond donors (Lipinski definition) is 0. The van der Waals surface area contributed by atoms with E-state index in [-0.39, 0.29) is 0 Å². The summed E-state index contributed by atoms with van der Waals surface area (Å²) in [5, 5.41) is 0. The lowest BCUT2D eigenvalue weighted by molar-refractivity contribution is -0.0878. The molecule has 0 aromatic heterocycles. The van der Waals surface area contributed by atoms with Crippen molar-refractivity contribution in [3.63, 3.8) is 0 Å². The Balaban J connectivity index is 1.46. The molecular weight excluding hydrogens is 260 g/mol. The lowest BCUT2D eigenvalue weighted by atomic mass is 9.85. The fourth-order valence-corrected chi connectivity index (χ4v) is 4.74. The maximum absolute atomic E-state index is 5.88. The highest BCUT2D eigenvalue weighted by atomic mass is 16.5. The van der Waals surface area contributed by atoms with Gasteiger partial charge >= 0.3 is 0 Å². The molecule has 1 saturated carbocycles. The minimum absolute atomic E-state index is 0.409. The van der Waals surface area contributed by atoms with Crippen LogP contribution in [0.2, 0.25) is 0 Å². The molecule has 0 amide bonds. The van der Waals surface area contributed by atoms with Gasteiger partial charge in [0.15, 0.2) is 0 Å². The summed E-state index contributed by atoms with van der Waals surface area (Å²) in [5.74, 6) is 0.968. The molecule has 0 bridgehead atoms. The second-order valence-corrected chi connectivity index (χ2v) is 7.89. The lowest BCUT2D eigenvalue weighted by Gasteiger charge is -2.46. The topological polar surface area (TPSA) is 15.7 Å². The number of morpholine rings is 1. The minimum Gasteiger partial charge on any atom is -0.373 e. The quantitative estimate of drug-likeness (QED) is 0.778. The lowest BCUT2D eigenvalue weighted by Crippen LogP contribution is -2.54. The Kier molecular flexibility index (Phi) is 5.23. The van der Waals surface area contributed by atoms with E-state index in [1.54, 1.807) is 0 Å². The van der Waals surface area contributed by atoms with Crippen molar-refractivity contribution < 1.29 is 4.74 Å². The second-order valence-electron chi connectivity index (χ2n) is 7.89. The molecule has 122 valence electrons. The van der Waals surface area contributed by atoms with E-state index in [0.29, 0.717) is 12.2 Å². The summed E-state index contributed by atoms with van der Waals surface area (Å²) in [6.07, 6.45) is 9.33. The third kappa shape index (κ3) is 4.00. The zero-order chi connectivity index (χ0) is 14.8. The van der Waals surface area contributed by atoms with Gasteiger partial charge in [0.2, 0.25) is 0 Å². The summed E-state index contributed by atoms with van der Waals surface area (Å²) in [6.45, 7) is 11.8. The number of ether oxygens (including phenoxy) is 1. The third-order valence-electron chi connectivity index (χ3n) is 5.97. The van der Waals surface area contributed by atoms with Gasteiger partial charge in [-0.15, -0.1) is 0 Å². The molecular formula is C18H34N2O. The van der Waals surface area contributed by atoms with Crippen LogP contribution in [0.5, 0.6) is 0 Å². The zero-order valence-electron chi connectivity index (χ0n) is 14.3. The van der Waals surface area contributed by atoms with Crippen LogP contribution in [0.15, 0.2) is 0 Å². The Labute approximate surface area is 131 Å². The fourth-order valence-electron chi connectivity index (χ4n) is 4.74. The van der Waals surface area contributed by atoms with Crippen LogP contribution in [0.1, 0.15) is 59.3 Å². The predicted molar refractivity (Wildman–Crippen MR) is 87.6 cm³/mol. The first-order valence-electron chi connectivity index (χ1n) is 9.25. The second kappa shape index (κ2) is 6.97. The average molecular weight is 294 g/mol. The molecule has 2 saturated heterocycles. The Hall–Kier alpha value is -0.120. The van der Waals surface area contributed by atoms with Crippen molar-refractivity contribution in [3.8, 4) is 0 Å². The maximum atomic E-state index is 5.88. The maximum Gasteiger partial charge on any atom is 0.0678 e. The molecule has 1 aliphatic carbocycles. The molecule has 3 rings (SSSR count). The van der Waals surface area contributed by atoms with Crippen molar-refractivity contribution in [2.24, 2.45) is 5.92 Å². The van der Waals surface area contributed by atoms with Gasteiger partial charge < -0.3 is 9.64 Å². The molecule has 0 N–H and O–H groups in total. The molecule has 3 heteroatoms. The summed E-state index contributed by atoms with van der Waals surface area (Å²) in [7, 11) is 0. The van der Waals surface area contributed by atoms with Crippen LogP contribution in [-0.2, 0) is 4.74 Å². The van der Waals surface area contributed by atoms with Gasteiger partial charge in [-0.05, 0) is 71.4 Å². The van der Waals surface area contributed by atoms with Crippen LogP contribution in [0, 0.1) is 5.92 Å². The van der Waals surface area contributed by atoms with Crippen molar-refractivity contribution in [3.05, 3.63) is 0 Å². The molecule has 0 spiro atoms. The van der Waals surface area contributed by atoms with Crippen LogP contribution < -0.4 is 0 Å². The van der Waals surface area contributed by atoms with Crippen molar-refractivity contribution in [2.45, 2.75) is 83.6 Å². The SMILES string of the molecule is CC1CCC(N2CCC(N3CC(C)OC(C)C3)CC2)CC1. The van der Waals surface area contributed by atoms with E-state index in [1.807, 2.05) is 0 Å². The number of piperidine rings is 1. The summed E-state index contributed by atoms with van der Waals surface area (Å²) in [6, 6.07) is 1.70. The van der Waals surface area contributed by atoms with Crippen LogP contribution in [0.4, 0.5) is 0 Å². The first-order chi connectivity index (χ1) is 10.1. The summed E-state index contributed by atoms with van der Waals surface area (Å²) in [5.41, 5.74) is 0. The average Bonchev–Trinajstić information content (AvgIpc) is 2.47. The number of nitrogens with zero attached hydrogens (tertiary/aromatic N) is 2. The largest absolute Gasteiger partial charge is 0.373 e. The first-order valence-corrected chi connectivity index (χ1v) is 9.25. The third-order valence-corrected chi connectivity index (χ3v) is 5.97. The van der Waals surface area contributed by atoms with E-state index < -0.39 is 0 Å². The Morgan fingerprint density at radius 2 is 1.19 bits per heavy atom. The highest BCUT2D eigenvalue weighted by molar-refractivity contribution is 4.87. The van der Waals surface area contributed by atoms with E-state index in [9.17, 15) is 0 Å². The van der Waals surface area contributed by atoms with E-state index in [0.717, 1.165) is 31.1 Å². The van der Waals surface area contributed by atoms with Crippen molar-refractivity contribution >= 4 is 0 Å². The van der Waals surface area contributed by atoms with E-state index in [4.69, 9.17) is 4.74 Å². The molecule has 3 aliphatic rings. The molecule has 0 aromatic rings. The van der Waals surface area contributed by atoms with Crippen molar-refractivity contribution in [1.29, 1.82) is 0 Å². The van der Waals surface area contributed by atoms with Crippen LogP contribution in [0.3, 0.4) is 0 Å². The molecule has 2 atom stereocenters. The van der Waals surface area contributed by atoms with E-state index in [1.165, 1.54) is 51.6 Å². The molecule has 3 nitrogen and oxygen atoms in total. The van der Waals surface area contributed by atoms with Crippen LogP contribution >= 0.6 is 0 Å². The molecule has 2 heterocycles. The fraction of sp³-hybridized carbons (Fsp3) is 1.00. The Morgan fingerprint density at radius 3 is 1.76 bits per heavy atom.